The van der Waals surface area contributed by atoms with Crippen LogP contribution in [0.15, 0.2) is 35.1 Å². The number of halogens is 1. The molecule has 7 heteroatoms. The molecule has 128 valence electrons. The summed E-state index contributed by atoms with van der Waals surface area (Å²) in [5.74, 6) is -2.29. The lowest BCUT2D eigenvalue weighted by Crippen LogP contribution is -2.27. The number of hydrogen-bond donors (Lipinski definition) is 0. The molecule has 0 aliphatic heterocycles. The first-order chi connectivity index (χ1) is 11.5. The summed E-state index contributed by atoms with van der Waals surface area (Å²) in [6.45, 7) is 5.64. The molecule has 1 aromatic carbocycles. The van der Waals surface area contributed by atoms with E-state index < -0.39 is 17.9 Å². The predicted molar refractivity (Wildman–Crippen MR) is 92.0 cm³/mol. The van der Waals surface area contributed by atoms with Crippen molar-refractivity contribution in [1.82, 2.24) is 9.78 Å². The number of carbonyl (C=O) groups excluding carboxylic acids is 2. The van der Waals surface area contributed by atoms with Gasteiger partial charge in [-0.3, -0.25) is 9.59 Å². The molecule has 0 saturated carbocycles. The smallest absolute Gasteiger partial charge is 0.324 e. The maximum Gasteiger partial charge on any atom is 0.324 e. The number of aromatic nitrogens is 2. The molecule has 1 heterocycles. The average Bonchev–Trinajstić information content (AvgIpc) is 2.96. The summed E-state index contributed by atoms with van der Waals surface area (Å²) in [5.41, 5.74) is 2.18. The largest absolute Gasteiger partial charge is 0.465 e. The number of ether oxygens (including phenoxy) is 2. The molecule has 0 unspecified atom stereocenters. The lowest BCUT2D eigenvalue weighted by Gasteiger charge is -2.17. The summed E-state index contributed by atoms with van der Waals surface area (Å²) in [6.07, 6.45) is 3.51. The van der Waals surface area contributed by atoms with Crippen LogP contribution < -0.4 is 0 Å². The van der Waals surface area contributed by atoms with Crippen molar-refractivity contribution in [3.63, 3.8) is 0 Å². The van der Waals surface area contributed by atoms with Crippen LogP contribution in [0, 0.1) is 6.92 Å². The van der Waals surface area contributed by atoms with E-state index in [1.807, 2.05) is 19.2 Å². The fourth-order valence-corrected chi connectivity index (χ4v) is 2.66. The number of hydrogen-bond acceptors (Lipinski definition) is 5. The lowest BCUT2D eigenvalue weighted by molar-refractivity contribution is -0.156. The van der Waals surface area contributed by atoms with Gasteiger partial charge in [0.15, 0.2) is 5.92 Å². The SMILES string of the molecule is CCOC(=O)C(C(=O)OCC)c1ccc(-n2cc(Br)cn2)cc1C. The van der Waals surface area contributed by atoms with Crippen LogP contribution in [0.2, 0.25) is 0 Å². The monoisotopic (exact) mass is 394 g/mol. The summed E-state index contributed by atoms with van der Waals surface area (Å²) in [7, 11) is 0. The Bertz CT molecular complexity index is 724. The van der Waals surface area contributed by atoms with Gasteiger partial charge < -0.3 is 9.47 Å². The van der Waals surface area contributed by atoms with Gasteiger partial charge in [0.25, 0.3) is 0 Å². The maximum atomic E-state index is 12.2. The van der Waals surface area contributed by atoms with Crippen LogP contribution >= 0.6 is 15.9 Å². The highest BCUT2D eigenvalue weighted by molar-refractivity contribution is 9.10. The van der Waals surface area contributed by atoms with Crippen molar-refractivity contribution >= 4 is 27.9 Å². The number of carbonyl (C=O) groups is 2. The molecule has 0 spiro atoms. The second kappa shape index (κ2) is 8.10. The summed E-state index contributed by atoms with van der Waals surface area (Å²) in [5, 5.41) is 4.22. The maximum absolute atomic E-state index is 12.2. The van der Waals surface area contributed by atoms with Gasteiger partial charge in [-0.15, -0.1) is 0 Å². The Labute approximate surface area is 148 Å². The molecule has 2 rings (SSSR count). The molecule has 2 aromatic rings. The fraction of sp³-hybridized carbons (Fsp3) is 0.353. The normalized spacial score (nSPS) is 10.7. The lowest BCUT2D eigenvalue weighted by atomic mass is 9.94. The molecule has 0 saturated heterocycles. The summed E-state index contributed by atoms with van der Waals surface area (Å²) >= 11 is 3.35. The van der Waals surface area contributed by atoms with Crippen molar-refractivity contribution in [1.29, 1.82) is 0 Å². The highest BCUT2D eigenvalue weighted by Gasteiger charge is 2.32. The van der Waals surface area contributed by atoms with Gasteiger partial charge in [-0.1, -0.05) is 6.07 Å². The van der Waals surface area contributed by atoms with E-state index in [9.17, 15) is 9.59 Å². The third kappa shape index (κ3) is 4.03. The van der Waals surface area contributed by atoms with Gasteiger partial charge in [0.1, 0.15) is 0 Å². The Hall–Kier alpha value is -2.15. The number of nitrogens with zero attached hydrogens (tertiary/aromatic N) is 2. The van der Waals surface area contributed by atoms with Crippen LogP contribution in [-0.2, 0) is 19.1 Å². The third-order valence-electron chi connectivity index (χ3n) is 3.42. The highest BCUT2D eigenvalue weighted by Crippen LogP contribution is 2.25. The summed E-state index contributed by atoms with van der Waals surface area (Å²) in [4.78, 5) is 24.4. The fourth-order valence-electron chi connectivity index (χ4n) is 2.37. The van der Waals surface area contributed by atoms with Crippen LogP contribution in [-0.4, -0.2) is 34.9 Å². The molecule has 0 fully saturated rings. The number of esters is 2. The van der Waals surface area contributed by atoms with Gasteiger partial charge in [0, 0.05) is 6.20 Å². The van der Waals surface area contributed by atoms with Crippen molar-refractivity contribution in [3.8, 4) is 5.69 Å². The molecule has 0 aliphatic rings. The zero-order valence-electron chi connectivity index (χ0n) is 13.8. The quantitative estimate of drug-likeness (QED) is 0.555. The second-order valence-electron chi connectivity index (χ2n) is 5.08. The van der Waals surface area contributed by atoms with Gasteiger partial charge in [-0.2, -0.15) is 5.10 Å². The van der Waals surface area contributed by atoms with Crippen LogP contribution in [0.25, 0.3) is 5.69 Å². The van der Waals surface area contributed by atoms with Gasteiger partial charge >= 0.3 is 11.9 Å². The van der Waals surface area contributed by atoms with Crippen molar-refractivity contribution < 1.29 is 19.1 Å². The standard InChI is InChI=1S/C17H19BrN2O4/c1-4-23-16(21)15(17(22)24-5-2)14-7-6-13(8-11(14)3)20-10-12(18)9-19-20/h6-10,15H,4-5H2,1-3H3. The van der Waals surface area contributed by atoms with Crippen molar-refractivity contribution in [2.45, 2.75) is 26.7 Å². The molecule has 0 radical (unpaired) electrons. The molecule has 0 N–H and O–H groups in total. The van der Waals surface area contributed by atoms with Crippen LogP contribution in [0.5, 0.6) is 0 Å². The minimum absolute atomic E-state index is 0.202. The van der Waals surface area contributed by atoms with Crippen molar-refractivity contribution in [2.75, 3.05) is 13.2 Å². The predicted octanol–water partition coefficient (Wildman–Crippen LogP) is 3.15. The van der Waals surface area contributed by atoms with E-state index in [0.717, 1.165) is 15.7 Å². The minimum Gasteiger partial charge on any atom is -0.465 e. The number of benzene rings is 1. The van der Waals surface area contributed by atoms with Gasteiger partial charge in [0.2, 0.25) is 0 Å². The molecule has 0 amide bonds. The average molecular weight is 395 g/mol. The zero-order chi connectivity index (χ0) is 17.7. The topological polar surface area (TPSA) is 70.4 Å². The Morgan fingerprint density at radius 1 is 1.21 bits per heavy atom. The summed E-state index contributed by atoms with van der Waals surface area (Å²) < 4.78 is 12.6. The van der Waals surface area contributed by atoms with Gasteiger partial charge in [0.05, 0.1) is 29.6 Å². The first kappa shape index (κ1) is 18.2. The Morgan fingerprint density at radius 2 is 1.83 bits per heavy atom. The molecular formula is C17H19BrN2O4. The van der Waals surface area contributed by atoms with Gasteiger partial charge in [-0.25, -0.2) is 4.68 Å². The molecule has 1 aromatic heterocycles. The van der Waals surface area contributed by atoms with Gasteiger partial charge in [-0.05, 0) is 60.0 Å². The highest BCUT2D eigenvalue weighted by atomic mass is 79.9. The van der Waals surface area contributed by atoms with E-state index in [1.165, 1.54) is 0 Å². The number of aryl methyl sites for hydroxylation is 1. The molecular weight excluding hydrogens is 376 g/mol. The third-order valence-corrected chi connectivity index (χ3v) is 3.83. The first-order valence-corrected chi connectivity index (χ1v) is 8.41. The second-order valence-corrected chi connectivity index (χ2v) is 6.00. The molecule has 24 heavy (non-hydrogen) atoms. The van der Waals surface area contributed by atoms with Crippen molar-refractivity contribution in [3.05, 3.63) is 46.2 Å². The Morgan fingerprint density at radius 3 is 2.29 bits per heavy atom. The first-order valence-electron chi connectivity index (χ1n) is 7.62. The molecule has 0 aliphatic carbocycles. The molecule has 0 bridgehead atoms. The molecule has 6 nitrogen and oxygen atoms in total. The Balaban J connectivity index is 2.39. The van der Waals surface area contributed by atoms with E-state index in [-0.39, 0.29) is 13.2 Å². The van der Waals surface area contributed by atoms with Crippen LogP contribution in [0.4, 0.5) is 0 Å². The summed E-state index contributed by atoms with van der Waals surface area (Å²) in [6, 6.07) is 5.40. The van der Waals surface area contributed by atoms with E-state index >= 15 is 0 Å². The van der Waals surface area contributed by atoms with Crippen LogP contribution in [0.3, 0.4) is 0 Å². The minimum atomic E-state index is -1.08. The van der Waals surface area contributed by atoms with Crippen LogP contribution in [0.1, 0.15) is 30.9 Å². The number of rotatable bonds is 6. The zero-order valence-corrected chi connectivity index (χ0v) is 15.4. The Kier molecular flexibility index (Phi) is 6.14. The van der Waals surface area contributed by atoms with E-state index in [0.29, 0.717) is 5.56 Å². The van der Waals surface area contributed by atoms with E-state index in [1.54, 1.807) is 36.9 Å². The van der Waals surface area contributed by atoms with E-state index in [2.05, 4.69) is 21.0 Å². The van der Waals surface area contributed by atoms with E-state index in [4.69, 9.17) is 9.47 Å². The molecule has 0 atom stereocenters. The van der Waals surface area contributed by atoms with Crippen molar-refractivity contribution in [2.24, 2.45) is 0 Å².